The fourth-order valence-electron chi connectivity index (χ4n) is 7.55. The molecule has 15 atom stereocenters. The van der Waals surface area contributed by atoms with Crippen LogP contribution in [0.1, 0.15) is 5.56 Å². The zero-order chi connectivity index (χ0) is 48.4. The van der Waals surface area contributed by atoms with E-state index in [9.17, 15) is 76.0 Å². The predicted molar refractivity (Wildman–Crippen MR) is 220 cm³/mol. The van der Waals surface area contributed by atoms with E-state index in [1.165, 1.54) is 55.7 Å². The maximum absolute atomic E-state index is 14.3. The Morgan fingerprint density at radius 2 is 1.30 bits per heavy atom. The minimum absolute atomic E-state index is 0.0594. The molecule has 3 aliphatic rings. The van der Waals surface area contributed by atoms with Crippen molar-refractivity contribution < 1.29 is 113 Å². The monoisotopic (exact) mass is 948 g/mol. The Balaban J connectivity index is 1.21. The van der Waals surface area contributed by atoms with Crippen LogP contribution in [0.25, 0.3) is 28.4 Å². The Labute approximate surface area is 377 Å². The second-order valence-corrected chi connectivity index (χ2v) is 15.6. The van der Waals surface area contributed by atoms with Crippen molar-refractivity contribution >= 4 is 23.0 Å². The molecule has 24 heteroatoms. The number of ether oxygens (including phenoxy) is 8. The largest absolute Gasteiger partial charge is 0.508 e. The van der Waals surface area contributed by atoms with Crippen LogP contribution in [0.15, 0.2) is 69.9 Å². The van der Waals surface area contributed by atoms with Crippen LogP contribution >= 0.6 is 0 Å². The molecule has 1 aromatic heterocycles. The molecule has 0 aliphatic carbocycles. The van der Waals surface area contributed by atoms with Crippen molar-refractivity contribution in [3.8, 4) is 45.8 Å². The van der Waals surface area contributed by atoms with Gasteiger partial charge < -0.3 is 109 Å². The minimum Gasteiger partial charge on any atom is -0.508 e. The van der Waals surface area contributed by atoms with E-state index in [4.69, 9.17) is 42.3 Å². The molecule has 24 nitrogen and oxygen atoms in total. The van der Waals surface area contributed by atoms with Gasteiger partial charge in [0.15, 0.2) is 42.0 Å². The lowest BCUT2D eigenvalue weighted by Gasteiger charge is -2.46. The quantitative estimate of drug-likeness (QED) is 0.0455. The lowest BCUT2D eigenvalue weighted by atomic mass is 9.97. The fraction of sp³-hybridized carbons (Fsp3) is 0.442. The zero-order valence-corrected chi connectivity index (χ0v) is 34.9. The summed E-state index contributed by atoms with van der Waals surface area (Å²) in [6.45, 7) is -2.64. The second kappa shape index (κ2) is 20.7. The number of carbonyl (C=O) groups excluding carboxylic acids is 1. The molecule has 15 unspecified atom stereocenters. The number of hydrogen-bond acceptors (Lipinski definition) is 24. The number of esters is 1. The smallest absolute Gasteiger partial charge is 0.331 e. The second-order valence-electron chi connectivity index (χ2n) is 15.6. The van der Waals surface area contributed by atoms with Crippen LogP contribution in [-0.2, 0) is 33.2 Å². The van der Waals surface area contributed by atoms with Crippen molar-refractivity contribution in [2.75, 3.05) is 26.9 Å². The van der Waals surface area contributed by atoms with E-state index in [1.54, 1.807) is 0 Å². The summed E-state index contributed by atoms with van der Waals surface area (Å²) in [5.41, 5.74) is -1.01. The van der Waals surface area contributed by atoms with E-state index in [2.05, 4.69) is 0 Å². The Morgan fingerprint density at radius 3 is 1.97 bits per heavy atom. The third-order valence-corrected chi connectivity index (χ3v) is 11.2. The first kappa shape index (κ1) is 49.2. The van der Waals surface area contributed by atoms with Gasteiger partial charge in [0.05, 0.1) is 26.9 Å². The number of phenols is 4. The Hall–Kier alpha value is -5.68. The standard InChI is InChI=1S/C43H48O24/c1-59-22-10-16(2-8-20(22)48)3-9-27(50)65-39-34(56)30(52)25(14-45)63-42(39)60-15-26-31(53)35(57)40(67-41-36(58)33(55)29(51)24(13-44)62-41)43(64-26)66-38-32(54)28-21(49)11-19(47)12-23(28)61-37(38)17-4-6-18(46)7-5-17/h2-12,24-26,29-31,33-36,39-49,51-53,55-58H,13-15H2,1H3. The predicted octanol–water partition coefficient (Wildman–Crippen LogP) is -2.62. The number of aliphatic hydroxyl groups is 9. The first-order valence-electron chi connectivity index (χ1n) is 20.4. The van der Waals surface area contributed by atoms with E-state index < -0.39 is 152 Å². The van der Waals surface area contributed by atoms with E-state index in [1.807, 2.05) is 0 Å². The number of methoxy groups -OCH3 is 1. The maximum Gasteiger partial charge on any atom is 0.331 e. The third-order valence-electron chi connectivity index (χ3n) is 11.2. The molecule has 0 spiro atoms. The van der Waals surface area contributed by atoms with Crippen LogP contribution in [0, 0.1) is 0 Å². The number of aromatic hydroxyl groups is 4. The summed E-state index contributed by atoms with van der Waals surface area (Å²) in [4.78, 5) is 27.3. The summed E-state index contributed by atoms with van der Waals surface area (Å²) >= 11 is 0. The molecule has 0 amide bonds. The molecule has 0 radical (unpaired) electrons. The molecular formula is C43H48O24. The topological polar surface area (TPSA) is 384 Å². The van der Waals surface area contributed by atoms with Crippen LogP contribution in [0.5, 0.6) is 34.5 Å². The minimum atomic E-state index is -2.18. The summed E-state index contributed by atoms with van der Waals surface area (Å²) in [5, 5.41) is 137. The molecule has 4 heterocycles. The molecule has 4 aromatic rings. The van der Waals surface area contributed by atoms with Gasteiger partial charge in [0.25, 0.3) is 0 Å². The summed E-state index contributed by atoms with van der Waals surface area (Å²) in [6.07, 6.45) is -26.4. The first-order valence-corrected chi connectivity index (χ1v) is 20.4. The molecular weight excluding hydrogens is 900 g/mol. The highest BCUT2D eigenvalue weighted by molar-refractivity contribution is 5.88. The van der Waals surface area contributed by atoms with Crippen molar-refractivity contribution in [3.63, 3.8) is 0 Å². The highest BCUT2D eigenvalue weighted by atomic mass is 16.8. The Morgan fingerprint density at radius 1 is 0.672 bits per heavy atom. The van der Waals surface area contributed by atoms with Gasteiger partial charge in [-0.3, -0.25) is 4.79 Å². The van der Waals surface area contributed by atoms with Crippen molar-refractivity contribution in [1.29, 1.82) is 0 Å². The van der Waals surface area contributed by atoms with Gasteiger partial charge in [0.2, 0.25) is 17.5 Å². The van der Waals surface area contributed by atoms with E-state index in [0.29, 0.717) is 5.56 Å². The van der Waals surface area contributed by atoms with Gasteiger partial charge in [-0.15, -0.1) is 0 Å². The maximum atomic E-state index is 14.3. The van der Waals surface area contributed by atoms with E-state index >= 15 is 0 Å². The summed E-state index contributed by atoms with van der Waals surface area (Å²) < 4.78 is 51.3. The van der Waals surface area contributed by atoms with Crippen LogP contribution in [-0.4, -0.2) is 191 Å². The third kappa shape index (κ3) is 10.3. The summed E-state index contributed by atoms with van der Waals surface area (Å²) in [7, 11) is 1.31. The molecule has 67 heavy (non-hydrogen) atoms. The van der Waals surface area contributed by atoms with Gasteiger partial charge in [-0.2, -0.15) is 0 Å². The molecule has 3 aliphatic heterocycles. The average molecular weight is 949 g/mol. The molecule has 3 saturated heterocycles. The molecule has 13 N–H and O–H groups in total. The normalized spacial score (nSPS) is 32.3. The highest BCUT2D eigenvalue weighted by Crippen LogP contribution is 2.39. The van der Waals surface area contributed by atoms with Crippen molar-refractivity contribution in [2.45, 2.75) is 92.1 Å². The Bertz CT molecular complexity index is 2440. The van der Waals surface area contributed by atoms with Gasteiger partial charge in [0, 0.05) is 23.8 Å². The van der Waals surface area contributed by atoms with Crippen LogP contribution in [0.4, 0.5) is 0 Å². The molecule has 0 saturated carbocycles. The average Bonchev–Trinajstić information content (AvgIpc) is 3.30. The zero-order valence-electron chi connectivity index (χ0n) is 34.9. The molecule has 364 valence electrons. The lowest BCUT2D eigenvalue weighted by molar-refractivity contribution is -0.363. The van der Waals surface area contributed by atoms with Gasteiger partial charge in [-0.1, -0.05) is 6.07 Å². The number of hydrogen-bond donors (Lipinski definition) is 13. The molecule has 0 bridgehead atoms. The van der Waals surface area contributed by atoms with Crippen LogP contribution < -0.4 is 14.9 Å². The van der Waals surface area contributed by atoms with Crippen molar-refractivity contribution in [1.82, 2.24) is 0 Å². The SMILES string of the molecule is COc1cc(C=CC(=O)OC2C(OCC3OC(Oc4c(-c5ccc(O)cc5)oc5cc(O)cc(O)c5c4=O)C(OC4OC(CO)C(O)C(O)C4O)C(O)C3O)OC(CO)C(O)C2O)ccc1O. The number of aliphatic hydroxyl groups excluding tert-OH is 9. The molecule has 3 aromatic carbocycles. The van der Waals surface area contributed by atoms with Gasteiger partial charge >= 0.3 is 5.97 Å². The molecule has 3 fully saturated rings. The number of phenolic OH excluding ortho intramolecular Hbond substituents is 4. The number of carbonyl (C=O) groups is 1. The fourth-order valence-corrected chi connectivity index (χ4v) is 7.55. The molecule has 7 rings (SSSR count). The number of fused-ring (bicyclic) bond motifs is 1. The number of benzene rings is 3. The van der Waals surface area contributed by atoms with Crippen molar-refractivity contribution in [3.05, 3.63) is 76.5 Å². The van der Waals surface area contributed by atoms with Crippen LogP contribution in [0.3, 0.4) is 0 Å². The number of rotatable bonds is 14. The summed E-state index contributed by atoms with van der Waals surface area (Å²) in [6, 6.07) is 11.0. The van der Waals surface area contributed by atoms with E-state index in [0.717, 1.165) is 18.2 Å². The highest BCUT2D eigenvalue weighted by Gasteiger charge is 2.53. The van der Waals surface area contributed by atoms with Gasteiger partial charge in [0.1, 0.15) is 89.3 Å². The van der Waals surface area contributed by atoms with Crippen LogP contribution in [0.2, 0.25) is 0 Å². The van der Waals surface area contributed by atoms with Gasteiger partial charge in [-0.05, 0) is 48.0 Å². The van der Waals surface area contributed by atoms with E-state index in [-0.39, 0.29) is 28.4 Å². The first-order chi connectivity index (χ1) is 31.9. The summed E-state index contributed by atoms with van der Waals surface area (Å²) in [5.74, 6) is -3.83. The lowest BCUT2D eigenvalue weighted by Crippen LogP contribution is -2.65. The van der Waals surface area contributed by atoms with Gasteiger partial charge in [-0.25, -0.2) is 4.79 Å². The van der Waals surface area contributed by atoms with Crippen molar-refractivity contribution in [2.24, 2.45) is 0 Å². The Kier molecular flexibility index (Phi) is 15.2.